The highest BCUT2D eigenvalue weighted by Gasteiger charge is 2.51. The number of carboxylic acids is 2. The maximum absolute atomic E-state index is 13.6. The first-order valence-corrected chi connectivity index (χ1v) is 15.3. The van der Waals surface area contributed by atoms with Gasteiger partial charge in [0.15, 0.2) is 23.1 Å². The number of urea groups is 1. The van der Waals surface area contributed by atoms with Crippen molar-refractivity contribution in [2.75, 3.05) is 26.1 Å². The predicted molar refractivity (Wildman–Crippen MR) is 168 cm³/mol. The van der Waals surface area contributed by atoms with Crippen LogP contribution in [0.25, 0.3) is 0 Å². The number of likely N-dealkylation sites (tertiary alicyclic amines) is 1. The van der Waals surface area contributed by atoms with Crippen LogP contribution in [0.2, 0.25) is 0 Å². The molecule has 1 aliphatic carbocycles. The molecular weight excluding hydrogens is 716 g/mol. The maximum atomic E-state index is 13.6. The van der Waals surface area contributed by atoms with Crippen LogP contribution in [0.3, 0.4) is 0 Å². The highest BCUT2D eigenvalue weighted by molar-refractivity contribution is 5.89. The lowest BCUT2D eigenvalue weighted by Gasteiger charge is -2.45. The van der Waals surface area contributed by atoms with Crippen molar-refractivity contribution in [3.8, 4) is 11.5 Å². The first-order valence-electron chi connectivity index (χ1n) is 15.3. The van der Waals surface area contributed by atoms with Crippen LogP contribution in [0.15, 0.2) is 60.9 Å². The van der Waals surface area contributed by atoms with Crippen molar-refractivity contribution in [2.24, 2.45) is 0 Å². The van der Waals surface area contributed by atoms with Crippen LogP contribution in [-0.2, 0) is 21.5 Å². The third-order valence-electron chi connectivity index (χ3n) is 8.44. The van der Waals surface area contributed by atoms with Gasteiger partial charge in [0.2, 0.25) is 0 Å². The Labute approximate surface area is 291 Å². The fraction of sp³-hybridized carbons (Fsp3) is 0.394. The van der Waals surface area contributed by atoms with Gasteiger partial charge in [-0.25, -0.2) is 23.2 Å². The lowest BCUT2D eigenvalue weighted by molar-refractivity contribution is -0.193. The Morgan fingerprint density at radius 1 is 0.904 bits per heavy atom. The number of hydrogen-bond donors (Lipinski definition) is 4. The molecule has 19 heteroatoms. The average molecular weight is 751 g/mol. The number of carbonyl (C=O) groups excluding carboxylic acids is 1. The van der Waals surface area contributed by atoms with Crippen LogP contribution >= 0.6 is 0 Å². The number of benzene rings is 2. The van der Waals surface area contributed by atoms with Gasteiger partial charge >= 0.3 is 30.3 Å². The van der Waals surface area contributed by atoms with Crippen LogP contribution in [0.4, 0.5) is 45.6 Å². The zero-order valence-electron chi connectivity index (χ0n) is 27.5. The number of alkyl halides is 6. The highest BCUT2D eigenvalue weighted by atomic mass is 19.4. The number of carbonyl (C=O) groups is 3. The molecule has 2 aromatic carbocycles. The largest absolute Gasteiger partial charge is 0.493 e. The molecule has 4 N–H and O–H groups in total. The quantitative estimate of drug-likeness (QED) is 0.198. The van der Waals surface area contributed by atoms with Gasteiger partial charge < -0.3 is 30.3 Å². The summed E-state index contributed by atoms with van der Waals surface area (Å²) in [5.41, 5.74) is 2.45. The molecule has 11 nitrogen and oxygen atoms in total. The first kappa shape index (κ1) is 41.2. The number of nitrogens with zero attached hydrogens (tertiary/aromatic N) is 2. The maximum Gasteiger partial charge on any atom is 0.490 e. The molecule has 3 atom stereocenters. The minimum Gasteiger partial charge on any atom is -0.493 e. The molecule has 2 fully saturated rings. The van der Waals surface area contributed by atoms with E-state index in [4.69, 9.17) is 29.3 Å². The normalized spacial score (nSPS) is 19.8. The summed E-state index contributed by atoms with van der Waals surface area (Å²) in [4.78, 5) is 37.3. The highest BCUT2D eigenvalue weighted by Crippen LogP contribution is 2.50. The molecule has 3 aromatic rings. The first-order chi connectivity index (χ1) is 24.3. The molecule has 0 spiro atoms. The van der Waals surface area contributed by atoms with E-state index in [-0.39, 0.29) is 23.2 Å². The van der Waals surface area contributed by atoms with Crippen LogP contribution in [0.1, 0.15) is 36.8 Å². The zero-order valence-corrected chi connectivity index (χ0v) is 27.5. The molecule has 0 unspecified atom stereocenters. The number of aromatic nitrogens is 1. The summed E-state index contributed by atoms with van der Waals surface area (Å²) < 4.78 is 101. The standard InChI is InChI=1S/C29H32F2N4O3.2C2HF3O2/c1-37-25-8-5-20(14-26(25)38-2)29-10-9-22(34-28(36)33-21-6-7-23(30)24(31)15-21)16-27(29)35(13-11-29)18-19-4-3-12-32-17-19;2*3-2(4,5)1(6)7/h3-8,12,14-15,17,22,27H,9-11,13,16,18H2,1-2H3,(H2,33,34,36);2*(H,6,7)/t22-,27+,29+;;/m1../s1. The van der Waals surface area contributed by atoms with E-state index in [0.29, 0.717) is 11.5 Å². The number of rotatable bonds is 7. The number of carboxylic acid groups (broad SMARTS) is 2. The van der Waals surface area contributed by atoms with Crippen molar-refractivity contribution in [2.45, 2.75) is 62.1 Å². The summed E-state index contributed by atoms with van der Waals surface area (Å²) in [5, 5.41) is 19.9. The second kappa shape index (κ2) is 17.3. The minimum absolute atomic E-state index is 0.0759. The lowest BCUT2D eigenvalue weighted by Crippen LogP contribution is -2.52. The smallest absolute Gasteiger partial charge is 0.490 e. The van der Waals surface area contributed by atoms with Gasteiger partial charge in [0.25, 0.3) is 0 Å². The summed E-state index contributed by atoms with van der Waals surface area (Å²) in [6, 6.07) is 13.2. The molecule has 52 heavy (non-hydrogen) atoms. The third-order valence-corrected chi connectivity index (χ3v) is 8.44. The molecule has 2 heterocycles. The Hall–Kier alpha value is -5.20. The molecular formula is C33H34F8N4O7. The molecule has 1 aromatic heterocycles. The number of ether oxygens (including phenoxy) is 2. The van der Waals surface area contributed by atoms with E-state index in [1.54, 1.807) is 20.4 Å². The predicted octanol–water partition coefficient (Wildman–Crippen LogP) is 6.53. The van der Waals surface area contributed by atoms with Crippen molar-refractivity contribution >= 4 is 23.7 Å². The van der Waals surface area contributed by atoms with Crippen molar-refractivity contribution < 1.29 is 69.2 Å². The van der Waals surface area contributed by atoms with Crippen molar-refractivity contribution in [3.63, 3.8) is 0 Å². The van der Waals surface area contributed by atoms with Crippen molar-refractivity contribution in [1.29, 1.82) is 0 Å². The molecule has 2 aliphatic rings. The number of methoxy groups -OCH3 is 2. The van der Waals surface area contributed by atoms with E-state index in [2.05, 4.69) is 38.7 Å². The number of halogens is 8. The number of pyridine rings is 1. The summed E-state index contributed by atoms with van der Waals surface area (Å²) in [6.45, 7) is 1.68. The third kappa shape index (κ3) is 10.9. The van der Waals surface area contributed by atoms with Gasteiger partial charge in [-0.15, -0.1) is 0 Å². The summed E-state index contributed by atoms with van der Waals surface area (Å²) >= 11 is 0. The number of anilines is 1. The van der Waals surface area contributed by atoms with E-state index in [1.165, 1.54) is 11.6 Å². The lowest BCUT2D eigenvalue weighted by atomic mass is 9.65. The van der Waals surface area contributed by atoms with Gasteiger partial charge in [-0.3, -0.25) is 9.88 Å². The van der Waals surface area contributed by atoms with Crippen LogP contribution < -0.4 is 20.1 Å². The van der Waals surface area contributed by atoms with Crippen LogP contribution in [0, 0.1) is 11.6 Å². The van der Waals surface area contributed by atoms with E-state index in [0.717, 1.165) is 56.5 Å². The second-order valence-corrected chi connectivity index (χ2v) is 11.6. The Morgan fingerprint density at radius 2 is 1.54 bits per heavy atom. The zero-order chi connectivity index (χ0) is 38.9. The van der Waals surface area contributed by atoms with E-state index < -0.39 is 42.0 Å². The summed E-state index contributed by atoms with van der Waals surface area (Å²) in [5.74, 6) is -6.07. The molecule has 1 saturated carbocycles. The number of amides is 2. The summed E-state index contributed by atoms with van der Waals surface area (Å²) in [6.07, 6.45) is -3.09. The number of aliphatic carboxylic acids is 2. The molecule has 284 valence electrons. The van der Waals surface area contributed by atoms with Crippen molar-refractivity contribution in [1.82, 2.24) is 15.2 Å². The van der Waals surface area contributed by atoms with Crippen LogP contribution in [-0.4, -0.2) is 83.3 Å². The van der Waals surface area contributed by atoms with Gasteiger partial charge in [0.05, 0.1) is 14.2 Å². The monoisotopic (exact) mass is 750 g/mol. The van der Waals surface area contributed by atoms with Gasteiger partial charge in [-0.1, -0.05) is 12.1 Å². The molecule has 0 bridgehead atoms. The number of nitrogens with one attached hydrogen (secondary N) is 2. The summed E-state index contributed by atoms with van der Waals surface area (Å²) in [7, 11) is 3.28. The average Bonchev–Trinajstić information content (AvgIpc) is 3.44. The molecule has 2 amide bonds. The Balaban J connectivity index is 0.000000441. The van der Waals surface area contributed by atoms with Crippen LogP contribution in [0.5, 0.6) is 11.5 Å². The van der Waals surface area contributed by atoms with Gasteiger partial charge in [-0.2, -0.15) is 26.3 Å². The Morgan fingerprint density at radius 3 is 2.08 bits per heavy atom. The van der Waals surface area contributed by atoms with Gasteiger partial charge in [0, 0.05) is 48.2 Å². The minimum atomic E-state index is -5.08. The van der Waals surface area contributed by atoms with Gasteiger partial charge in [-0.05, 0) is 73.7 Å². The number of fused-ring (bicyclic) bond motifs is 1. The molecule has 5 rings (SSSR count). The SMILES string of the molecule is COc1ccc([C@@]23CC[C@@H](NC(=O)Nc4ccc(F)c(F)c4)C[C@@H]2N(Cc2cccnc2)CC3)cc1OC.O=C(O)C(F)(F)F.O=C(O)C(F)(F)F. The van der Waals surface area contributed by atoms with E-state index >= 15 is 0 Å². The van der Waals surface area contributed by atoms with Crippen molar-refractivity contribution in [3.05, 3.63) is 83.7 Å². The van der Waals surface area contributed by atoms with E-state index in [1.807, 2.05) is 18.3 Å². The topological polar surface area (TPSA) is 150 Å². The fourth-order valence-corrected chi connectivity index (χ4v) is 6.10. The molecule has 1 aliphatic heterocycles. The van der Waals surface area contributed by atoms with Gasteiger partial charge in [0.1, 0.15) is 0 Å². The van der Waals surface area contributed by atoms with E-state index in [9.17, 15) is 39.9 Å². The number of hydrogen-bond acceptors (Lipinski definition) is 7. The second-order valence-electron chi connectivity index (χ2n) is 11.6. The Kier molecular flexibility index (Phi) is 13.7. The molecule has 1 saturated heterocycles. The Bertz CT molecular complexity index is 1670. The molecule has 0 radical (unpaired) electrons. The fourth-order valence-electron chi connectivity index (χ4n) is 6.10.